The summed E-state index contributed by atoms with van der Waals surface area (Å²) < 4.78 is 0. The van der Waals surface area contributed by atoms with Crippen molar-refractivity contribution < 1.29 is 19.8 Å². The lowest BCUT2D eigenvalue weighted by molar-refractivity contribution is -0.155. The van der Waals surface area contributed by atoms with Crippen molar-refractivity contribution in [2.45, 2.75) is 18.6 Å². The standard InChI is InChI=1S/C9H12O4/c1-4-7(11)9(13,6(3)10)8(12)5-2/h4-6,10,13H,1-2H2,3H3. The Labute approximate surface area is 76.2 Å². The molecule has 1 atom stereocenters. The zero-order chi connectivity index (χ0) is 10.6. The van der Waals surface area contributed by atoms with E-state index in [-0.39, 0.29) is 0 Å². The van der Waals surface area contributed by atoms with Crippen molar-refractivity contribution >= 4 is 11.6 Å². The Hall–Kier alpha value is -1.26. The van der Waals surface area contributed by atoms with Gasteiger partial charge in [-0.05, 0) is 19.1 Å². The molecule has 0 radical (unpaired) electrons. The average molecular weight is 184 g/mol. The number of rotatable bonds is 5. The van der Waals surface area contributed by atoms with Gasteiger partial charge < -0.3 is 10.2 Å². The number of hydrogen-bond donors (Lipinski definition) is 2. The number of aliphatic hydroxyl groups is 2. The van der Waals surface area contributed by atoms with Gasteiger partial charge in [0.05, 0.1) is 6.10 Å². The minimum atomic E-state index is -2.44. The molecule has 4 nitrogen and oxygen atoms in total. The zero-order valence-corrected chi connectivity index (χ0v) is 7.36. The van der Waals surface area contributed by atoms with Crippen molar-refractivity contribution in [3.05, 3.63) is 25.3 Å². The Bertz CT molecular complexity index is 232. The molecule has 0 aromatic heterocycles. The highest BCUT2D eigenvalue weighted by atomic mass is 16.4. The van der Waals surface area contributed by atoms with E-state index >= 15 is 0 Å². The fraction of sp³-hybridized carbons (Fsp3) is 0.333. The van der Waals surface area contributed by atoms with Crippen LogP contribution in [0, 0.1) is 0 Å². The van der Waals surface area contributed by atoms with E-state index in [4.69, 9.17) is 5.11 Å². The van der Waals surface area contributed by atoms with Gasteiger partial charge in [-0.25, -0.2) is 0 Å². The number of ketones is 2. The van der Waals surface area contributed by atoms with Crippen molar-refractivity contribution in [1.29, 1.82) is 0 Å². The summed E-state index contributed by atoms with van der Waals surface area (Å²) in [7, 11) is 0. The van der Waals surface area contributed by atoms with Crippen LogP contribution in [-0.2, 0) is 9.59 Å². The highest BCUT2D eigenvalue weighted by molar-refractivity contribution is 6.18. The van der Waals surface area contributed by atoms with Gasteiger partial charge in [-0.2, -0.15) is 0 Å². The first-order valence-electron chi connectivity index (χ1n) is 3.65. The molecule has 0 aliphatic rings. The normalized spacial score (nSPS) is 13.2. The Morgan fingerprint density at radius 1 is 1.31 bits per heavy atom. The van der Waals surface area contributed by atoms with Gasteiger partial charge in [-0.15, -0.1) is 0 Å². The molecule has 13 heavy (non-hydrogen) atoms. The highest BCUT2D eigenvalue weighted by Gasteiger charge is 2.44. The highest BCUT2D eigenvalue weighted by Crippen LogP contribution is 2.15. The van der Waals surface area contributed by atoms with Crippen LogP contribution in [0.15, 0.2) is 25.3 Å². The molecule has 0 aromatic carbocycles. The first kappa shape index (κ1) is 11.7. The van der Waals surface area contributed by atoms with Gasteiger partial charge in [0.1, 0.15) is 0 Å². The van der Waals surface area contributed by atoms with Crippen LogP contribution < -0.4 is 0 Å². The monoisotopic (exact) mass is 184 g/mol. The molecule has 4 heteroatoms. The Balaban J connectivity index is 5.17. The van der Waals surface area contributed by atoms with Crippen molar-refractivity contribution in [3.63, 3.8) is 0 Å². The summed E-state index contributed by atoms with van der Waals surface area (Å²) in [6.45, 7) is 7.38. The number of carbonyl (C=O) groups is 2. The predicted octanol–water partition coefficient (Wildman–Crippen LogP) is -0.392. The van der Waals surface area contributed by atoms with Gasteiger partial charge in [-0.1, -0.05) is 13.2 Å². The van der Waals surface area contributed by atoms with E-state index in [1.807, 2.05) is 0 Å². The minimum absolute atomic E-state index is 0.786. The summed E-state index contributed by atoms with van der Waals surface area (Å²) in [6.07, 6.45) is 0.0749. The Morgan fingerprint density at radius 2 is 1.62 bits per heavy atom. The summed E-state index contributed by atoms with van der Waals surface area (Å²) in [5.74, 6) is -1.88. The maximum absolute atomic E-state index is 11.1. The van der Waals surface area contributed by atoms with Crippen LogP contribution in [0.5, 0.6) is 0 Å². The molecule has 0 bridgehead atoms. The van der Waals surface area contributed by atoms with E-state index in [1.54, 1.807) is 0 Å². The molecule has 0 aliphatic carbocycles. The van der Waals surface area contributed by atoms with Gasteiger partial charge in [0.15, 0.2) is 11.6 Å². The first-order valence-corrected chi connectivity index (χ1v) is 3.65. The van der Waals surface area contributed by atoms with Crippen LogP contribution >= 0.6 is 0 Å². The number of carbonyl (C=O) groups excluding carboxylic acids is 2. The van der Waals surface area contributed by atoms with Gasteiger partial charge in [0, 0.05) is 0 Å². The number of aliphatic hydroxyl groups excluding tert-OH is 1. The van der Waals surface area contributed by atoms with Crippen LogP contribution in [0.2, 0.25) is 0 Å². The topological polar surface area (TPSA) is 74.6 Å². The van der Waals surface area contributed by atoms with Crippen molar-refractivity contribution in [3.8, 4) is 0 Å². The first-order chi connectivity index (χ1) is 5.91. The second-order valence-corrected chi connectivity index (χ2v) is 2.58. The summed E-state index contributed by atoms with van der Waals surface area (Å²) in [5.41, 5.74) is -2.44. The third kappa shape index (κ3) is 1.91. The molecule has 72 valence electrons. The molecular weight excluding hydrogens is 172 g/mol. The molecule has 0 amide bonds. The van der Waals surface area contributed by atoms with Crippen LogP contribution in [0.25, 0.3) is 0 Å². The quantitative estimate of drug-likeness (QED) is 0.450. The van der Waals surface area contributed by atoms with E-state index in [1.165, 1.54) is 0 Å². The molecule has 0 aromatic rings. The smallest absolute Gasteiger partial charge is 0.215 e. The molecular formula is C9H12O4. The molecule has 0 spiro atoms. The second-order valence-electron chi connectivity index (χ2n) is 2.58. The van der Waals surface area contributed by atoms with E-state index in [0.29, 0.717) is 0 Å². The molecule has 0 heterocycles. The van der Waals surface area contributed by atoms with Gasteiger partial charge in [0.25, 0.3) is 0 Å². The third-order valence-electron chi connectivity index (χ3n) is 1.73. The molecule has 1 unspecified atom stereocenters. The third-order valence-corrected chi connectivity index (χ3v) is 1.73. The maximum atomic E-state index is 11.1. The van der Waals surface area contributed by atoms with E-state index in [0.717, 1.165) is 19.1 Å². The molecule has 2 N–H and O–H groups in total. The van der Waals surface area contributed by atoms with Gasteiger partial charge >= 0.3 is 0 Å². The van der Waals surface area contributed by atoms with Crippen LogP contribution in [-0.4, -0.2) is 33.5 Å². The van der Waals surface area contributed by atoms with Crippen LogP contribution in [0.1, 0.15) is 6.92 Å². The summed E-state index contributed by atoms with van der Waals surface area (Å²) >= 11 is 0. The van der Waals surface area contributed by atoms with E-state index in [9.17, 15) is 14.7 Å². The Morgan fingerprint density at radius 3 is 1.77 bits per heavy atom. The fourth-order valence-electron chi connectivity index (χ4n) is 0.844. The van der Waals surface area contributed by atoms with Gasteiger partial charge in [0.2, 0.25) is 5.60 Å². The van der Waals surface area contributed by atoms with Crippen LogP contribution in [0.3, 0.4) is 0 Å². The summed E-state index contributed by atoms with van der Waals surface area (Å²) in [4.78, 5) is 22.2. The van der Waals surface area contributed by atoms with E-state index in [2.05, 4.69) is 13.2 Å². The molecule has 0 rings (SSSR count). The lowest BCUT2D eigenvalue weighted by atomic mass is 9.88. The fourth-order valence-corrected chi connectivity index (χ4v) is 0.844. The second kappa shape index (κ2) is 4.11. The summed E-state index contributed by atoms with van der Waals surface area (Å²) in [6, 6.07) is 0. The number of hydrogen-bond acceptors (Lipinski definition) is 4. The van der Waals surface area contributed by atoms with Gasteiger partial charge in [-0.3, -0.25) is 9.59 Å². The minimum Gasteiger partial charge on any atom is -0.389 e. The van der Waals surface area contributed by atoms with Crippen molar-refractivity contribution in [1.82, 2.24) is 0 Å². The van der Waals surface area contributed by atoms with Crippen molar-refractivity contribution in [2.24, 2.45) is 0 Å². The molecule has 0 saturated carbocycles. The summed E-state index contributed by atoms with van der Waals surface area (Å²) in [5, 5.41) is 18.6. The average Bonchev–Trinajstić information content (AvgIpc) is 2.13. The zero-order valence-electron chi connectivity index (χ0n) is 7.36. The lowest BCUT2D eigenvalue weighted by Crippen LogP contribution is -2.53. The predicted molar refractivity (Wildman–Crippen MR) is 47.0 cm³/mol. The molecule has 0 aliphatic heterocycles. The van der Waals surface area contributed by atoms with Crippen molar-refractivity contribution in [2.75, 3.05) is 0 Å². The largest absolute Gasteiger partial charge is 0.389 e. The van der Waals surface area contributed by atoms with E-state index < -0.39 is 23.3 Å². The van der Waals surface area contributed by atoms with Crippen LogP contribution in [0.4, 0.5) is 0 Å². The molecule has 0 fully saturated rings. The SMILES string of the molecule is C=CC(=O)C(O)(C(=O)C=C)C(C)O. The molecule has 0 saturated heterocycles. The maximum Gasteiger partial charge on any atom is 0.215 e. The Kier molecular flexibility index (Phi) is 3.71. The lowest BCUT2D eigenvalue weighted by Gasteiger charge is -2.24.